The first-order chi connectivity index (χ1) is 24.6. The molecule has 6 heteroatoms. The summed E-state index contributed by atoms with van der Waals surface area (Å²) in [5, 5.41) is 10.2. The highest BCUT2D eigenvalue weighted by atomic mass is 16.6. The van der Waals surface area contributed by atoms with E-state index in [1.807, 2.05) is 26.8 Å². The number of esters is 1. The van der Waals surface area contributed by atoms with Crippen molar-refractivity contribution in [3.05, 3.63) is 155 Å². The van der Waals surface area contributed by atoms with Crippen molar-refractivity contribution < 1.29 is 24.0 Å². The number of aliphatic carboxylic acids is 1. The monoisotopic (exact) mass is 679 g/mol. The fraction of sp³-hybridized carbons (Fsp3) is 0.311. The molecule has 1 fully saturated rings. The second kappa shape index (κ2) is 14.6. The summed E-state index contributed by atoms with van der Waals surface area (Å²) in [6.07, 6.45) is 17.9. The predicted octanol–water partition coefficient (Wildman–Crippen LogP) is 9.08. The summed E-state index contributed by atoms with van der Waals surface area (Å²) in [4.78, 5) is 27.3. The first-order valence-corrected chi connectivity index (χ1v) is 18.2. The minimum atomic E-state index is -0.991. The number of rotatable bonds is 10. The summed E-state index contributed by atoms with van der Waals surface area (Å²) in [6, 6.07) is 32.0. The molecule has 0 saturated heterocycles. The lowest BCUT2D eigenvalue weighted by Crippen LogP contribution is -2.40. The number of pyridine rings is 1. The van der Waals surface area contributed by atoms with E-state index in [4.69, 9.17) is 4.74 Å². The summed E-state index contributed by atoms with van der Waals surface area (Å²) in [5.41, 5.74) is 7.65. The molecule has 3 unspecified atom stereocenters. The number of carboxylic acids is 1. The molecule has 2 heterocycles. The number of carbonyl (C=O) groups excluding carboxylic acids is 1. The molecular formula is C45H47N2O4+. The molecule has 3 aromatic carbocycles. The zero-order valence-electron chi connectivity index (χ0n) is 29.7. The fourth-order valence-corrected chi connectivity index (χ4v) is 8.15. The van der Waals surface area contributed by atoms with Crippen LogP contribution in [0.5, 0.6) is 0 Å². The van der Waals surface area contributed by atoms with Gasteiger partial charge in [0.25, 0.3) is 0 Å². The largest absolute Gasteiger partial charge is 0.478 e. The molecule has 0 radical (unpaired) electrons. The maximum absolute atomic E-state index is 12.5. The lowest BCUT2D eigenvalue weighted by atomic mass is 9.81. The molecule has 3 atom stereocenters. The number of hydrogen-bond donors (Lipinski definition) is 1. The van der Waals surface area contributed by atoms with E-state index in [1.54, 1.807) is 35.2 Å². The van der Waals surface area contributed by atoms with Crippen molar-refractivity contribution in [3.63, 3.8) is 0 Å². The molecular weight excluding hydrogens is 633 g/mol. The Morgan fingerprint density at radius 1 is 0.941 bits per heavy atom. The quantitative estimate of drug-likeness (QED) is 0.103. The van der Waals surface area contributed by atoms with E-state index in [1.165, 1.54) is 34.5 Å². The number of aromatic nitrogens is 1. The van der Waals surface area contributed by atoms with Gasteiger partial charge < -0.3 is 14.7 Å². The van der Waals surface area contributed by atoms with Gasteiger partial charge in [-0.2, -0.15) is 4.57 Å². The smallest absolute Gasteiger partial charge is 0.373 e. The van der Waals surface area contributed by atoms with Gasteiger partial charge in [-0.1, -0.05) is 85.3 Å². The number of carboxylic acid groups (broad SMARTS) is 1. The first kappa shape index (κ1) is 34.2. The van der Waals surface area contributed by atoms with Gasteiger partial charge in [-0.25, -0.2) is 9.59 Å². The molecule has 0 amide bonds. The molecule has 0 bridgehead atoms. The number of benzene rings is 3. The second-order valence-corrected chi connectivity index (χ2v) is 15.1. The van der Waals surface area contributed by atoms with Gasteiger partial charge in [-0.15, -0.1) is 0 Å². The van der Waals surface area contributed by atoms with Crippen LogP contribution in [0.3, 0.4) is 0 Å². The van der Waals surface area contributed by atoms with Gasteiger partial charge >= 0.3 is 11.9 Å². The summed E-state index contributed by atoms with van der Waals surface area (Å²) in [7, 11) is 0. The van der Waals surface area contributed by atoms with Gasteiger partial charge in [0.05, 0.1) is 5.57 Å². The number of anilines is 1. The number of fused-ring (bicyclic) bond motifs is 3. The molecule has 3 aliphatic rings. The average molecular weight is 680 g/mol. The van der Waals surface area contributed by atoms with Crippen molar-refractivity contribution in [1.82, 2.24) is 0 Å². The van der Waals surface area contributed by atoms with Crippen molar-refractivity contribution in [2.45, 2.75) is 82.9 Å². The van der Waals surface area contributed by atoms with Gasteiger partial charge in [0.15, 0.2) is 12.4 Å². The summed E-state index contributed by atoms with van der Waals surface area (Å²) >= 11 is 0. The Hall–Kier alpha value is -5.23. The zero-order chi connectivity index (χ0) is 35.5. The minimum Gasteiger partial charge on any atom is -0.478 e. The van der Waals surface area contributed by atoms with E-state index < -0.39 is 11.6 Å². The van der Waals surface area contributed by atoms with Gasteiger partial charge in [0.1, 0.15) is 5.60 Å². The van der Waals surface area contributed by atoms with Crippen LogP contribution in [0.15, 0.2) is 127 Å². The van der Waals surface area contributed by atoms with Crippen LogP contribution in [0.4, 0.5) is 5.69 Å². The van der Waals surface area contributed by atoms with Gasteiger partial charge in [-0.05, 0) is 98.9 Å². The van der Waals surface area contributed by atoms with Crippen LogP contribution < -0.4 is 9.47 Å². The molecule has 1 aromatic heterocycles. The number of nitrogens with zero attached hydrogens (tertiary/aromatic N) is 2. The van der Waals surface area contributed by atoms with Crippen LogP contribution in [0.2, 0.25) is 0 Å². The average Bonchev–Trinajstić information content (AvgIpc) is 3.71. The van der Waals surface area contributed by atoms with Crippen molar-refractivity contribution in [1.29, 1.82) is 0 Å². The molecule has 1 saturated carbocycles. The predicted molar refractivity (Wildman–Crippen MR) is 202 cm³/mol. The Bertz CT molecular complexity index is 1930. The van der Waals surface area contributed by atoms with Crippen LogP contribution in [-0.2, 0) is 20.9 Å². The third-order valence-corrected chi connectivity index (χ3v) is 10.4. The van der Waals surface area contributed by atoms with Crippen molar-refractivity contribution in [2.75, 3.05) is 4.90 Å². The molecule has 1 aliphatic heterocycles. The lowest BCUT2D eigenvalue weighted by molar-refractivity contribution is -0.686. The first-order valence-electron chi connectivity index (χ1n) is 18.2. The number of ether oxygens (including phenoxy) is 1. The molecule has 7 rings (SSSR count). The van der Waals surface area contributed by atoms with E-state index in [-0.39, 0.29) is 18.1 Å². The van der Waals surface area contributed by atoms with Gasteiger partial charge in [0, 0.05) is 47.0 Å². The van der Waals surface area contributed by atoms with E-state index in [2.05, 4.69) is 95.9 Å². The third kappa shape index (κ3) is 7.75. The van der Waals surface area contributed by atoms with Crippen molar-refractivity contribution in [2.24, 2.45) is 5.92 Å². The Kier molecular flexibility index (Phi) is 9.77. The number of carbonyl (C=O) groups is 2. The zero-order valence-corrected chi connectivity index (χ0v) is 29.7. The standard InChI is InChI=1S/C45H46N2O4/c1-45(2,3)51-43(48)30-46-25-23-35(24-26-46)39(44(49)50)28-32-19-22-42-40(29-32)37-15-10-16-41(37)47(42)36-20-17-31(18-21-36)27-38(33-11-6-4-7-12-33)34-13-8-5-9-14-34/h4-9,11-14,17,19-26,28-29,31,37-38,41H,10,15-16,18,27,30H2,1-3H3/p+1. The van der Waals surface area contributed by atoms with E-state index >= 15 is 0 Å². The minimum absolute atomic E-state index is 0.0573. The lowest BCUT2D eigenvalue weighted by Gasteiger charge is -2.31. The van der Waals surface area contributed by atoms with Crippen LogP contribution in [-0.4, -0.2) is 28.7 Å². The summed E-state index contributed by atoms with van der Waals surface area (Å²) < 4.78 is 7.12. The Morgan fingerprint density at radius 3 is 2.24 bits per heavy atom. The van der Waals surface area contributed by atoms with Crippen LogP contribution in [0.1, 0.15) is 92.5 Å². The maximum Gasteiger partial charge on any atom is 0.373 e. The third-order valence-electron chi connectivity index (χ3n) is 10.4. The normalized spacial score (nSPS) is 19.8. The van der Waals surface area contributed by atoms with Gasteiger partial charge in [-0.3, -0.25) is 0 Å². The highest BCUT2D eigenvalue weighted by molar-refractivity contribution is 6.20. The summed E-state index contributed by atoms with van der Waals surface area (Å²) in [6.45, 7) is 5.56. The second-order valence-electron chi connectivity index (χ2n) is 15.1. The van der Waals surface area contributed by atoms with Gasteiger partial charge in [0.2, 0.25) is 6.54 Å². The van der Waals surface area contributed by atoms with Crippen molar-refractivity contribution in [3.8, 4) is 0 Å². The van der Waals surface area contributed by atoms with Crippen LogP contribution >= 0.6 is 0 Å². The van der Waals surface area contributed by atoms with E-state index in [9.17, 15) is 14.7 Å². The topological polar surface area (TPSA) is 70.7 Å². The number of allylic oxidation sites excluding steroid dienone is 3. The maximum atomic E-state index is 12.5. The molecule has 6 nitrogen and oxygen atoms in total. The Labute approximate surface area is 301 Å². The SMILES string of the molecule is CC(C)(C)OC(=O)C[n+]1ccc(/C(=C/c2ccc3c(c2)C2CCCC2N3C2=CCC(CC(c3ccccc3)c3ccccc3)C=C2)C(=O)O)cc1. The molecule has 0 spiro atoms. The molecule has 1 N–H and O–H groups in total. The van der Waals surface area contributed by atoms with Crippen LogP contribution in [0, 0.1) is 5.92 Å². The highest BCUT2D eigenvalue weighted by Gasteiger charge is 2.42. The molecule has 51 heavy (non-hydrogen) atoms. The fourth-order valence-electron chi connectivity index (χ4n) is 8.15. The van der Waals surface area contributed by atoms with Crippen molar-refractivity contribution >= 4 is 29.3 Å². The van der Waals surface area contributed by atoms with E-state index in [0.717, 1.165) is 31.2 Å². The highest BCUT2D eigenvalue weighted by Crippen LogP contribution is 2.52. The summed E-state index contributed by atoms with van der Waals surface area (Å²) in [5.74, 6) is -0.106. The molecule has 260 valence electrons. The Morgan fingerprint density at radius 2 is 1.63 bits per heavy atom. The number of hydrogen-bond acceptors (Lipinski definition) is 4. The Balaban J connectivity index is 1.09. The van der Waals surface area contributed by atoms with Crippen LogP contribution in [0.25, 0.3) is 11.6 Å². The molecule has 2 aliphatic carbocycles. The van der Waals surface area contributed by atoms with E-state index in [0.29, 0.717) is 29.4 Å². The molecule has 4 aromatic rings.